The summed E-state index contributed by atoms with van der Waals surface area (Å²) >= 11 is 6.34. The van der Waals surface area contributed by atoms with Gasteiger partial charge in [0.05, 0.1) is 16.4 Å². The number of pyridine rings is 1. The zero-order valence-corrected chi connectivity index (χ0v) is 22.0. The summed E-state index contributed by atoms with van der Waals surface area (Å²) in [5, 5.41) is 9.89. The van der Waals surface area contributed by atoms with Gasteiger partial charge >= 0.3 is 5.97 Å². The summed E-state index contributed by atoms with van der Waals surface area (Å²) in [5.74, 6) is 0.776. The van der Waals surface area contributed by atoms with E-state index in [1.807, 2.05) is 93.6 Å². The zero-order valence-electron chi connectivity index (χ0n) is 21.3. The van der Waals surface area contributed by atoms with Crippen LogP contribution in [0, 0.1) is 5.92 Å². The van der Waals surface area contributed by atoms with E-state index in [2.05, 4.69) is 4.98 Å². The zero-order chi connectivity index (χ0) is 26.6. The molecule has 2 aromatic carbocycles. The van der Waals surface area contributed by atoms with Crippen LogP contribution in [-0.4, -0.2) is 22.2 Å². The third-order valence-electron chi connectivity index (χ3n) is 5.27. The summed E-state index contributed by atoms with van der Waals surface area (Å²) in [7, 11) is 0. The summed E-state index contributed by atoms with van der Waals surface area (Å²) in [6, 6.07) is 18.3. The van der Waals surface area contributed by atoms with Gasteiger partial charge in [0.2, 0.25) is 0 Å². The molecule has 0 bridgehead atoms. The van der Waals surface area contributed by atoms with Crippen LogP contribution in [-0.2, 0) is 18.0 Å². The Labute approximate surface area is 223 Å². The Morgan fingerprint density at radius 3 is 2.30 bits per heavy atom. The molecule has 0 aliphatic rings. The molecule has 0 amide bonds. The van der Waals surface area contributed by atoms with Crippen molar-refractivity contribution in [1.29, 1.82) is 0 Å². The van der Waals surface area contributed by atoms with Gasteiger partial charge in [0.15, 0.2) is 6.10 Å². The van der Waals surface area contributed by atoms with Crippen LogP contribution in [0.5, 0.6) is 17.2 Å². The molecular weight excluding hydrogens is 490 g/mol. The van der Waals surface area contributed by atoms with Crippen molar-refractivity contribution < 1.29 is 24.1 Å². The first-order valence-electron chi connectivity index (χ1n) is 12.1. The van der Waals surface area contributed by atoms with Gasteiger partial charge in [0, 0.05) is 5.56 Å². The van der Waals surface area contributed by atoms with E-state index in [0.29, 0.717) is 40.9 Å². The molecule has 0 aliphatic carbocycles. The predicted molar refractivity (Wildman–Crippen MR) is 146 cm³/mol. The molecule has 0 saturated heterocycles. The number of carboxylic acid groups (broad SMARTS) is 1. The van der Waals surface area contributed by atoms with Crippen molar-refractivity contribution in [2.75, 3.05) is 0 Å². The highest BCUT2D eigenvalue weighted by Gasteiger charge is 2.23. The van der Waals surface area contributed by atoms with Crippen molar-refractivity contribution in [3.8, 4) is 17.2 Å². The van der Waals surface area contributed by atoms with Gasteiger partial charge in [-0.05, 0) is 67.8 Å². The van der Waals surface area contributed by atoms with Crippen LogP contribution in [0.15, 0.2) is 78.9 Å². The Morgan fingerprint density at radius 1 is 0.973 bits per heavy atom. The molecule has 1 heterocycles. The van der Waals surface area contributed by atoms with Crippen LogP contribution in [0.4, 0.5) is 0 Å². The van der Waals surface area contributed by atoms with E-state index in [-0.39, 0.29) is 12.5 Å². The number of aliphatic carboxylic acids is 1. The first kappa shape index (κ1) is 27.8. The Kier molecular flexibility index (Phi) is 10.6. The number of aromatic nitrogens is 1. The van der Waals surface area contributed by atoms with Crippen molar-refractivity contribution in [3.63, 3.8) is 0 Å². The smallest absolute Gasteiger partial charge is 0.344 e. The van der Waals surface area contributed by atoms with Crippen LogP contribution >= 0.6 is 11.6 Å². The van der Waals surface area contributed by atoms with Gasteiger partial charge in [0.25, 0.3) is 0 Å². The van der Waals surface area contributed by atoms with Crippen LogP contribution in [0.25, 0.3) is 6.08 Å². The van der Waals surface area contributed by atoms with Crippen LogP contribution < -0.4 is 14.2 Å². The molecule has 0 fully saturated rings. The molecule has 1 atom stereocenters. The third kappa shape index (κ3) is 8.99. The molecule has 1 unspecified atom stereocenters. The van der Waals surface area contributed by atoms with Gasteiger partial charge in [-0.1, -0.05) is 61.9 Å². The number of rotatable bonds is 13. The van der Waals surface area contributed by atoms with Crippen molar-refractivity contribution >= 4 is 23.6 Å². The maximum atomic E-state index is 11.7. The second kappa shape index (κ2) is 14.1. The molecular formula is C30H32ClNO5. The van der Waals surface area contributed by atoms with E-state index >= 15 is 0 Å². The van der Waals surface area contributed by atoms with Gasteiger partial charge in [0.1, 0.15) is 30.5 Å². The van der Waals surface area contributed by atoms with E-state index in [4.69, 9.17) is 25.8 Å². The lowest BCUT2D eigenvalue weighted by molar-refractivity contribution is -0.145. The van der Waals surface area contributed by atoms with Crippen molar-refractivity contribution in [2.45, 2.75) is 46.5 Å². The summed E-state index contributed by atoms with van der Waals surface area (Å²) in [5.41, 5.74) is 2.36. The molecule has 0 spiro atoms. The fourth-order valence-corrected chi connectivity index (χ4v) is 3.69. The lowest BCUT2D eigenvalue weighted by Gasteiger charge is -2.20. The number of hydrogen-bond acceptors (Lipinski definition) is 5. The molecule has 0 aliphatic heterocycles. The van der Waals surface area contributed by atoms with E-state index < -0.39 is 12.1 Å². The third-order valence-corrected chi connectivity index (χ3v) is 5.57. The number of allylic oxidation sites excluding steroid dienone is 3. The van der Waals surface area contributed by atoms with Crippen LogP contribution in [0.2, 0.25) is 5.02 Å². The molecule has 1 N–H and O–H groups in total. The van der Waals surface area contributed by atoms with Crippen LogP contribution in [0.3, 0.4) is 0 Å². The van der Waals surface area contributed by atoms with Gasteiger partial charge in [-0.15, -0.1) is 0 Å². The maximum absolute atomic E-state index is 11.7. The number of benzene rings is 2. The molecule has 7 heteroatoms. The number of halogens is 1. The molecule has 0 saturated carbocycles. The van der Waals surface area contributed by atoms with E-state index in [9.17, 15) is 9.90 Å². The highest BCUT2D eigenvalue weighted by Crippen LogP contribution is 2.32. The predicted octanol–water partition coefficient (Wildman–Crippen LogP) is 7.36. The van der Waals surface area contributed by atoms with Crippen molar-refractivity contribution in [2.24, 2.45) is 5.92 Å². The van der Waals surface area contributed by atoms with E-state index in [0.717, 1.165) is 11.4 Å². The minimum atomic E-state index is -1.02. The molecule has 3 rings (SSSR count). The lowest BCUT2D eigenvalue weighted by atomic mass is 10.1. The first-order valence-corrected chi connectivity index (χ1v) is 12.5. The first-order chi connectivity index (χ1) is 17.9. The van der Waals surface area contributed by atoms with Crippen molar-refractivity contribution in [3.05, 3.63) is 101 Å². The fourth-order valence-electron chi connectivity index (χ4n) is 3.46. The molecule has 3 aromatic rings. The maximum Gasteiger partial charge on any atom is 0.344 e. The fraction of sp³-hybridized carbons (Fsp3) is 0.267. The number of ether oxygens (including phenoxy) is 3. The quantitative estimate of drug-likeness (QED) is 0.237. The Hall–Kier alpha value is -3.77. The van der Waals surface area contributed by atoms with Gasteiger partial charge < -0.3 is 19.3 Å². The second-order valence-electron chi connectivity index (χ2n) is 8.79. The molecule has 6 nitrogen and oxygen atoms in total. The summed E-state index contributed by atoms with van der Waals surface area (Å²) in [6.07, 6.45) is 7.18. The van der Waals surface area contributed by atoms with Crippen LogP contribution in [0.1, 0.15) is 44.1 Å². The Bertz CT molecular complexity index is 1220. The minimum Gasteiger partial charge on any atom is -0.489 e. The lowest BCUT2D eigenvalue weighted by Crippen LogP contribution is -2.29. The number of carbonyl (C=O) groups is 1. The highest BCUT2D eigenvalue weighted by atomic mass is 35.5. The topological polar surface area (TPSA) is 77.9 Å². The molecule has 194 valence electrons. The van der Waals surface area contributed by atoms with E-state index in [1.165, 1.54) is 0 Å². The largest absolute Gasteiger partial charge is 0.489 e. The SMILES string of the molecule is C/C=C\C=C/c1cccc(COc2ccc(OCc3cccc(Cl)c3OC(CC(C)C)C(=O)O)cc2)n1. The number of hydrogen-bond donors (Lipinski definition) is 1. The van der Waals surface area contributed by atoms with Gasteiger partial charge in [-0.2, -0.15) is 0 Å². The number of nitrogens with zero attached hydrogens (tertiary/aromatic N) is 1. The summed E-state index contributed by atoms with van der Waals surface area (Å²) < 4.78 is 17.6. The van der Waals surface area contributed by atoms with E-state index in [1.54, 1.807) is 12.1 Å². The summed E-state index contributed by atoms with van der Waals surface area (Å²) in [4.78, 5) is 16.2. The molecule has 37 heavy (non-hydrogen) atoms. The second-order valence-corrected chi connectivity index (χ2v) is 9.20. The van der Waals surface area contributed by atoms with Gasteiger partial charge in [-0.3, -0.25) is 0 Å². The standard InChI is InChI=1S/C30H32ClNO5/c1-4-5-6-10-23-11-8-12-24(32-23)20-36-26-16-14-25(15-17-26)35-19-22-9-7-13-27(31)29(22)37-28(30(33)34)18-21(2)3/h4-17,21,28H,18-20H2,1-3H3,(H,33,34)/b5-4-,10-6-. The normalized spacial score (nSPS) is 12.2. The average Bonchev–Trinajstić information content (AvgIpc) is 2.88. The number of para-hydroxylation sites is 1. The highest BCUT2D eigenvalue weighted by molar-refractivity contribution is 6.32. The number of carboxylic acids is 1. The summed E-state index contributed by atoms with van der Waals surface area (Å²) in [6.45, 7) is 6.37. The molecule has 1 aromatic heterocycles. The average molecular weight is 522 g/mol. The Morgan fingerprint density at radius 2 is 1.65 bits per heavy atom. The minimum absolute atomic E-state index is 0.156. The molecule has 0 radical (unpaired) electrons. The Balaban J connectivity index is 1.60. The van der Waals surface area contributed by atoms with Crippen molar-refractivity contribution in [1.82, 2.24) is 4.98 Å². The monoisotopic (exact) mass is 521 g/mol. The van der Waals surface area contributed by atoms with Gasteiger partial charge in [-0.25, -0.2) is 9.78 Å².